The van der Waals surface area contributed by atoms with Gasteiger partial charge in [0.15, 0.2) is 5.65 Å². The van der Waals surface area contributed by atoms with E-state index in [0.29, 0.717) is 13.0 Å². The molecule has 0 radical (unpaired) electrons. The van der Waals surface area contributed by atoms with Gasteiger partial charge in [0.05, 0.1) is 12.1 Å². The molecule has 1 aromatic carbocycles. The number of hydrogen-bond acceptors (Lipinski definition) is 4. The second kappa shape index (κ2) is 6.78. The molecule has 0 aliphatic carbocycles. The highest BCUT2D eigenvalue weighted by molar-refractivity contribution is 5.86. The van der Waals surface area contributed by atoms with E-state index in [-0.39, 0.29) is 5.91 Å². The summed E-state index contributed by atoms with van der Waals surface area (Å²) in [6.07, 6.45) is 0.335. The van der Waals surface area contributed by atoms with Gasteiger partial charge >= 0.3 is 0 Å². The number of fused-ring (bicyclic) bond motifs is 2. The van der Waals surface area contributed by atoms with E-state index < -0.39 is 0 Å². The smallest absolute Gasteiger partial charge is 0.224 e. The lowest BCUT2D eigenvalue weighted by Crippen LogP contribution is -2.25. The lowest BCUT2D eigenvalue weighted by atomic mass is 10.0. The molecule has 0 atom stereocenters. The first-order valence-electron chi connectivity index (χ1n) is 9.31. The zero-order chi connectivity index (χ0) is 19.1. The van der Waals surface area contributed by atoms with Crippen LogP contribution in [-0.4, -0.2) is 20.7 Å². The highest BCUT2D eigenvalue weighted by Crippen LogP contribution is 2.25. The number of hydrogen-bond donors (Lipinski definition) is 2. The summed E-state index contributed by atoms with van der Waals surface area (Å²) in [7, 11) is 1.90. The lowest BCUT2D eigenvalue weighted by molar-refractivity contribution is -0.120. The molecule has 0 unspecified atom stereocenters. The number of aryl methyl sites for hydroxylation is 4. The van der Waals surface area contributed by atoms with Crippen LogP contribution in [-0.2, 0) is 37.9 Å². The molecule has 1 aliphatic rings. The molecular formula is C21H25N5O. The summed E-state index contributed by atoms with van der Waals surface area (Å²) in [4.78, 5) is 17.3. The summed E-state index contributed by atoms with van der Waals surface area (Å²) in [5.41, 5.74) is 8.62. The van der Waals surface area contributed by atoms with Crippen molar-refractivity contribution < 1.29 is 4.79 Å². The van der Waals surface area contributed by atoms with E-state index in [0.717, 1.165) is 52.2 Å². The molecular weight excluding hydrogens is 338 g/mol. The highest BCUT2D eigenvalue weighted by Gasteiger charge is 2.17. The van der Waals surface area contributed by atoms with E-state index in [9.17, 15) is 4.79 Å². The summed E-state index contributed by atoms with van der Waals surface area (Å²) in [5.74, 6) is 0.0162. The van der Waals surface area contributed by atoms with Crippen molar-refractivity contribution in [1.29, 1.82) is 0 Å². The molecule has 6 nitrogen and oxygen atoms in total. The van der Waals surface area contributed by atoms with Crippen molar-refractivity contribution in [3.05, 3.63) is 57.4 Å². The fourth-order valence-corrected chi connectivity index (χ4v) is 4.00. The number of carbonyl (C=O) groups excluding carboxylic acids is 1. The average Bonchev–Trinajstić information content (AvgIpc) is 3.20. The van der Waals surface area contributed by atoms with E-state index >= 15 is 0 Å². The third-order valence-corrected chi connectivity index (χ3v) is 5.46. The Morgan fingerprint density at radius 2 is 1.96 bits per heavy atom. The van der Waals surface area contributed by atoms with Crippen LogP contribution in [0.2, 0.25) is 0 Å². The third kappa shape index (κ3) is 3.21. The second-order valence-corrected chi connectivity index (χ2v) is 7.37. The number of pyridine rings is 1. The monoisotopic (exact) mass is 363 g/mol. The summed E-state index contributed by atoms with van der Waals surface area (Å²) in [5, 5.41) is 11.9. The highest BCUT2D eigenvalue weighted by atomic mass is 16.1. The quantitative estimate of drug-likeness (QED) is 0.746. The van der Waals surface area contributed by atoms with Gasteiger partial charge in [-0.25, -0.2) is 4.98 Å². The summed E-state index contributed by atoms with van der Waals surface area (Å²) < 4.78 is 1.80. The molecule has 1 amide bonds. The minimum absolute atomic E-state index is 0.0162. The van der Waals surface area contributed by atoms with Gasteiger partial charge in [0.2, 0.25) is 5.91 Å². The molecule has 0 saturated carbocycles. The number of nitrogens with one attached hydrogen (secondary N) is 2. The van der Waals surface area contributed by atoms with Crippen LogP contribution in [0, 0.1) is 20.8 Å². The van der Waals surface area contributed by atoms with Gasteiger partial charge in [-0.3, -0.25) is 9.48 Å². The molecule has 4 rings (SSSR count). The van der Waals surface area contributed by atoms with Crippen LogP contribution in [0.1, 0.15) is 39.2 Å². The molecule has 3 heterocycles. The van der Waals surface area contributed by atoms with Crippen LogP contribution in [0.3, 0.4) is 0 Å². The van der Waals surface area contributed by atoms with Crippen molar-refractivity contribution in [3.8, 4) is 0 Å². The molecule has 27 heavy (non-hydrogen) atoms. The van der Waals surface area contributed by atoms with Crippen molar-refractivity contribution in [1.82, 2.24) is 25.4 Å². The Bertz CT molecular complexity index is 1050. The van der Waals surface area contributed by atoms with E-state index in [1.807, 2.05) is 20.9 Å². The van der Waals surface area contributed by atoms with Gasteiger partial charge in [0, 0.05) is 37.8 Å². The molecule has 0 bridgehead atoms. The predicted molar refractivity (Wildman–Crippen MR) is 105 cm³/mol. The fourth-order valence-electron chi connectivity index (χ4n) is 4.00. The number of rotatable bonds is 4. The van der Waals surface area contributed by atoms with Crippen molar-refractivity contribution in [3.63, 3.8) is 0 Å². The summed E-state index contributed by atoms with van der Waals surface area (Å²) in [6, 6.07) is 6.42. The Hall–Kier alpha value is -2.73. The van der Waals surface area contributed by atoms with Crippen LogP contribution in [0.15, 0.2) is 18.2 Å². The fraction of sp³-hybridized carbons (Fsp3) is 0.381. The zero-order valence-electron chi connectivity index (χ0n) is 16.3. The normalized spacial score (nSPS) is 13.2. The van der Waals surface area contributed by atoms with Crippen LogP contribution in [0.25, 0.3) is 11.0 Å². The number of amides is 1. The van der Waals surface area contributed by atoms with Gasteiger partial charge in [-0.1, -0.05) is 18.2 Å². The van der Waals surface area contributed by atoms with Gasteiger partial charge < -0.3 is 10.6 Å². The van der Waals surface area contributed by atoms with Crippen LogP contribution in [0.5, 0.6) is 0 Å². The standard InChI is InChI=1S/C21H25N5O/c1-12-18(13(2)24-21-20(12)14(3)25-26(21)4)8-19(27)23-9-15-5-6-16-10-22-11-17(16)7-15/h5-7,22H,8-11H2,1-4H3,(H,23,27). The number of aromatic nitrogens is 3. The van der Waals surface area contributed by atoms with Crippen molar-refractivity contribution in [2.24, 2.45) is 7.05 Å². The van der Waals surface area contributed by atoms with Gasteiger partial charge in [0.25, 0.3) is 0 Å². The Kier molecular flexibility index (Phi) is 4.44. The first-order valence-corrected chi connectivity index (χ1v) is 9.31. The van der Waals surface area contributed by atoms with Gasteiger partial charge in [0.1, 0.15) is 0 Å². The van der Waals surface area contributed by atoms with Gasteiger partial charge in [-0.05, 0) is 48.6 Å². The topological polar surface area (TPSA) is 71.8 Å². The molecule has 0 fully saturated rings. The molecule has 0 saturated heterocycles. The Morgan fingerprint density at radius 3 is 2.78 bits per heavy atom. The largest absolute Gasteiger partial charge is 0.352 e. The second-order valence-electron chi connectivity index (χ2n) is 7.37. The molecule has 0 spiro atoms. The average molecular weight is 363 g/mol. The van der Waals surface area contributed by atoms with Crippen molar-refractivity contribution >= 4 is 16.9 Å². The molecule has 6 heteroatoms. The molecule has 1 aliphatic heterocycles. The van der Waals surface area contributed by atoms with Crippen LogP contribution >= 0.6 is 0 Å². The summed E-state index contributed by atoms with van der Waals surface area (Å²) in [6.45, 7) is 8.40. The minimum atomic E-state index is 0.0162. The number of benzene rings is 1. The SMILES string of the molecule is Cc1nc2c(c(C)nn2C)c(C)c1CC(=O)NCc1ccc2c(c1)CNC2. The molecule has 140 valence electrons. The number of nitrogens with zero attached hydrogens (tertiary/aromatic N) is 3. The van der Waals surface area contributed by atoms with E-state index in [4.69, 9.17) is 0 Å². The zero-order valence-corrected chi connectivity index (χ0v) is 16.3. The predicted octanol–water partition coefficient (Wildman–Crippen LogP) is 2.36. The first kappa shape index (κ1) is 17.7. The van der Waals surface area contributed by atoms with Crippen molar-refractivity contribution in [2.75, 3.05) is 0 Å². The maximum atomic E-state index is 12.6. The summed E-state index contributed by atoms with van der Waals surface area (Å²) >= 11 is 0. The Labute approximate surface area is 159 Å². The van der Waals surface area contributed by atoms with E-state index in [2.05, 4.69) is 45.8 Å². The number of carbonyl (C=O) groups is 1. The van der Waals surface area contributed by atoms with Gasteiger partial charge in [-0.2, -0.15) is 5.10 Å². The third-order valence-electron chi connectivity index (χ3n) is 5.46. The Balaban J connectivity index is 1.50. The van der Waals surface area contributed by atoms with Crippen molar-refractivity contribution in [2.45, 2.75) is 46.8 Å². The maximum absolute atomic E-state index is 12.6. The first-order chi connectivity index (χ1) is 12.9. The lowest BCUT2D eigenvalue weighted by Gasteiger charge is -2.12. The molecule has 3 aromatic rings. The van der Waals surface area contributed by atoms with E-state index in [1.165, 1.54) is 11.1 Å². The van der Waals surface area contributed by atoms with Crippen LogP contribution < -0.4 is 10.6 Å². The Morgan fingerprint density at radius 1 is 1.19 bits per heavy atom. The minimum Gasteiger partial charge on any atom is -0.352 e. The maximum Gasteiger partial charge on any atom is 0.224 e. The van der Waals surface area contributed by atoms with E-state index in [1.54, 1.807) is 4.68 Å². The van der Waals surface area contributed by atoms with Crippen LogP contribution in [0.4, 0.5) is 0 Å². The molecule has 2 aromatic heterocycles. The molecule has 2 N–H and O–H groups in total. The van der Waals surface area contributed by atoms with Gasteiger partial charge in [-0.15, -0.1) is 0 Å².